The molecule has 0 radical (unpaired) electrons. The lowest BCUT2D eigenvalue weighted by atomic mass is 10.2. The van der Waals surface area contributed by atoms with E-state index in [-0.39, 0.29) is 24.0 Å². The molecule has 1 amide bonds. The maximum atomic E-state index is 13.0. The van der Waals surface area contributed by atoms with Gasteiger partial charge in [-0.1, -0.05) is 18.2 Å². The van der Waals surface area contributed by atoms with Gasteiger partial charge in [-0.15, -0.1) is 8.78 Å². The Balaban J connectivity index is 1.43. The molecule has 0 aromatic heterocycles. The zero-order valence-electron chi connectivity index (χ0n) is 12.6. The van der Waals surface area contributed by atoms with Crippen LogP contribution >= 0.6 is 0 Å². The van der Waals surface area contributed by atoms with Gasteiger partial charge >= 0.3 is 6.29 Å². The molecule has 2 aromatic rings. The Labute approximate surface area is 136 Å². The molecule has 0 saturated carbocycles. The van der Waals surface area contributed by atoms with Crippen LogP contribution in [0.15, 0.2) is 42.5 Å². The lowest BCUT2D eigenvalue weighted by Crippen LogP contribution is -2.31. The maximum Gasteiger partial charge on any atom is 0.586 e. The van der Waals surface area contributed by atoms with Gasteiger partial charge in [-0.3, -0.25) is 4.79 Å². The normalized spacial score (nSPS) is 16.8. The smallest absolute Gasteiger partial charge is 0.395 e. The van der Waals surface area contributed by atoms with E-state index in [9.17, 15) is 13.6 Å². The average molecular weight is 332 g/mol. The number of anilines is 2. The first kappa shape index (κ1) is 14.7. The molecule has 2 aliphatic rings. The molecule has 0 fully saturated rings. The van der Waals surface area contributed by atoms with Crippen molar-refractivity contribution in [2.24, 2.45) is 0 Å². The molecule has 2 aliphatic heterocycles. The van der Waals surface area contributed by atoms with Crippen LogP contribution in [0.3, 0.4) is 0 Å². The van der Waals surface area contributed by atoms with Gasteiger partial charge < -0.3 is 19.7 Å². The average Bonchev–Trinajstić information content (AvgIpc) is 3.06. The summed E-state index contributed by atoms with van der Waals surface area (Å²) < 4.78 is 34.7. The van der Waals surface area contributed by atoms with Crippen LogP contribution in [0.2, 0.25) is 0 Å². The van der Waals surface area contributed by atoms with Crippen molar-refractivity contribution in [3.05, 3.63) is 48.0 Å². The number of fused-ring (bicyclic) bond motifs is 2. The standard InChI is InChI=1S/C17H14F2N2O3/c18-17(19)23-14-6-5-12(9-15(14)24-17)20-16(22)10-21-8-7-11-3-1-2-4-13(11)21/h1-6,9H,7-8,10H2,(H,20,22). The topological polar surface area (TPSA) is 50.8 Å². The highest BCUT2D eigenvalue weighted by Gasteiger charge is 2.43. The second-order valence-corrected chi connectivity index (χ2v) is 5.68. The monoisotopic (exact) mass is 332 g/mol. The van der Waals surface area contributed by atoms with Gasteiger partial charge in [-0.05, 0) is 30.2 Å². The summed E-state index contributed by atoms with van der Waals surface area (Å²) >= 11 is 0. The van der Waals surface area contributed by atoms with E-state index < -0.39 is 6.29 Å². The molecular formula is C17H14F2N2O3. The van der Waals surface area contributed by atoms with Crippen LogP contribution in [0.5, 0.6) is 11.5 Å². The van der Waals surface area contributed by atoms with E-state index in [0.717, 1.165) is 18.7 Å². The molecule has 0 spiro atoms. The van der Waals surface area contributed by atoms with Crippen LogP contribution in [0.4, 0.5) is 20.2 Å². The van der Waals surface area contributed by atoms with Crippen LogP contribution in [0.1, 0.15) is 5.56 Å². The lowest BCUT2D eigenvalue weighted by Gasteiger charge is -2.18. The molecule has 4 rings (SSSR count). The zero-order chi connectivity index (χ0) is 16.7. The van der Waals surface area contributed by atoms with Crippen molar-refractivity contribution in [1.82, 2.24) is 0 Å². The van der Waals surface area contributed by atoms with Crippen molar-refractivity contribution in [3.8, 4) is 11.5 Å². The number of para-hydroxylation sites is 1. The third-order valence-corrected chi connectivity index (χ3v) is 4.00. The molecule has 0 atom stereocenters. The SMILES string of the molecule is O=C(CN1CCc2ccccc21)Nc1ccc2c(c1)OC(F)(F)O2. The molecule has 0 bridgehead atoms. The van der Waals surface area contributed by atoms with Gasteiger partial charge in [0.2, 0.25) is 5.91 Å². The first-order chi connectivity index (χ1) is 11.5. The summed E-state index contributed by atoms with van der Waals surface area (Å²) in [6, 6.07) is 12.1. The number of benzene rings is 2. The Bertz CT molecular complexity index is 810. The van der Waals surface area contributed by atoms with Gasteiger partial charge in [0.25, 0.3) is 0 Å². The Morgan fingerprint density at radius 3 is 2.83 bits per heavy atom. The second kappa shape index (κ2) is 5.36. The van der Waals surface area contributed by atoms with E-state index in [2.05, 4.69) is 14.8 Å². The van der Waals surface area contributed by atoms with Crippen molar-refractivity contribution in [2.45, 2.75) is 12.7 Å². The minimum absolute atomic E-state index is 0.0496. The first-order valence-corrected chi connectivity index (χ1v) is 7.53. The number of amides is 1. The van der Waals surface area contributed by atoms with Gasteiger partial charge in [0.1, 0.15) is 0 Å². The van der Waals surface area contributed by atoms with Crippen molar-refractivity contribution in [1.29, 1.82) is 0 Å². The Kier molecular flexibility index (Phi) is 3.30. The fraction of sp³-hybridized carbons (Fsp3) is 0.235. The predicted molar refractivity (Wildman–Crippen MR) is 83.6 cm³/mol. The molecule has 5 nitrogen and oxygen atoms in total. The van der Waals surface area contributed by atoms with Gasteiger partial charge in [0, 0.05) is 24.0 Å². The van der Waals surface area contributed by atoms with E-state index >= 15 is 0 Å². The van der Waals surface area contributed by atoms with Gasteiger partial charge in [-0.2, -0.15) is 0 Å². The Morgan fingerprint density at radius 1 is 1.17 bits per heavy atom. The van der Waals surface area contributed by atoms with Crippen molar-refractivity contribution in [2.75, 3.05) is 23.3 Å². The van der Waals surface area contributed by atoms with Crippen molar-refractivity contribution >= 4 is 17.3 Å². The highest BCUT2D eigenvalue weighted by Crippen LogP contribution is 2.42. The van der Waals surface area contributed by atoms with Gasteiger partial charge in [-0.25, -0.2) is 0 Å². The summed E-state index contributed by atoms with van der Waals surface area (Å²) in [5.41, 5.74) is 2.65. The Morgan fingerprint density at radius 2 is 1.96 bits per heavy atom. The number of nitrogens with zero attached hydrogens (tertiary/aromatic N) is 1. The number of carbonyl (C=O) groups is 1. The quantitative estimate of drug-likeness (QED) is 0.939. The summed E-state index contributed by atoms with van der Waals surface area (Å²) in [5.74, 6) is -0.367. The lowest BCUT2D eigenvalue weighted by molar-refractivity contribution is -0.286. The van der Waals surface area contributed by atoms with E-state index in [1.165, 1.54) is 23.8 Å². The number of halogens is 2. The van der Waals surface area contributed by atoms with Crippen LogP contribution in [-0.4, -0.2) is 25.3 Å². The van der Waals surface area contributed by atoms with Crippen LogP contribution in [0.25, 0.3) is 0 Å². The third-order valence-electron chi connectivity index (χ3n) is 4.00. The van der Waals surface area contributed by atoms with Crippen molar-refractivity contribution < 1.29 is 23.0 Å². The molecule has 1 N–H and O–H groups in total. The fourth-order valence-corrected chi connectivity index (χ4v) is 2.97. The highest BCUT2D eigenvalue weighted by molar-refractivity contribution is 5.94. The molecule has 2 heterocycles. The van der Waals surface area contributed by atoms with Crippen LogP contribution in [0, 0.1) is 0 Å². The predicted octanol–water partition coefficient (Wildman–Crippen LogP) is 3.01. The molecule has 7 heteroatoms. The van der Waals surface area contributed by atoms with Crippen molar-refractivity contribution in [3.63, 3.8) is 0 Å². The first-order valence-electron chi connectivity index (χ1n) is 7.53. The summed E-state index contributed by atoms with van der Waals surface area (Å²) in [5, 5.41) is 2.70. The number of hydrogen-bond donors (Lipinski definition) is 1. The Hall–Kier alpha value is -2.83. The molecule has 2 aromatic carbocycles. The molecule has 24 heavy (non-hydrogen) atoms. The van der Waals surface area contributed by atoms with E-state index in [1.54, 1.807) is 0 Å². The van der Waals surface area contributed by atoms with E-state index in [0.29, 0.717) is 5.69 Å². The highest BCUT2D eigenvalue weighted by atomic mass is 19.3. The number of nitrogens with one attached hydrogen (secondary N) is 1. The summed E-state index contributed by atoms with van der Waals surface area (Å²) in [6.45, 7) is 0.974. The summed E-state index contributed by atoms with van der Waals surface area (Å²) in [6.07, 6.45) is -2.76. The molecule has 0 aliphatic carbocycles. The summed E-state index contributed by atoms with van der Waals surface area (Å²) in [7, 11) is 0. The minimum atomic E-state index is -3.66. The van der Waals surface area contributed by atoms with Crippen LogP contribution in [-0.2, 0) is 11.2 Å². The molecular weight excluding hydrogens is 318 g/mol. The van der Waals surface area contributed by atoms with Gasteiger partial charge in [0.05, 0.1) is 6.54 Å². The number of alkyl halides is 2. The van der Waals surface area contributed by atoms with Gasteiger partial charge in [0.15, 0.2) is 11.5 Å². The summed E-state index contributed by atoms with van der Waals surface area (Å²) in [4.78, 5) is 14.2. The number of hydrogen-bond acceptors (Lipinski definition) is 4. The molecule has 0 unspecified atom stereocenters. The van der Waals surface area contributed by atoms with E-state index in [1.807, 2.05) is 29.2 Å². The number of carbonyl (C=O) groups excluding carboxylic acids is 1. The third kappa shape index (κ3) is 2.73. The van der Waals surface area contributed by atoms with Crippen LogP contribution < -0.4 is 19.7 Å². The zero-order valence-corrected chi connectivity index (χ0v) is 12.6. The fourth-order valence-electron chi connectivity index (χ4n) is 2.97. The number of rotatable bonds is 3. The maximum absolute atomic E-state index is 13.0. The second-order valence-electron chi connectivity index (χ2n) is 5.68. The minimum Gasteiger partial charge on any atom is -0.395 e. The molecule has 0 saturated heterocycles. The van der Waals surface area contributed by atoms with E-state index in [4.69, 9.17) is 0 Å². The largest absolute Gasteiger partial charge is 0.586 e. The number of ether oxygens (including phenoxy) is 2. The molecule has 124 valence electrons.